The van der Waals surface area contributed by atoms with Gasteiger partial charge in [0.05, 0.1) is 16.0 Å². The largest absolute Gasteiger partial charge is 0.492 e. The van der Waals surface area contributed by atoms with E-state index in [1.807, 2.05) is 30.3 Å². The number of ether oxygens (including phenoxy) is 2. The van der Waals surface area contributed by atoms with E-state index in [1.165, 1.54) is 24.3 Å². The van der Waals surface area contributed by atoms with Crippen molar-refractivity contribution in [2.24, 2.45) is 0 Å². The summed E-state index contributed by atoms with van der Waals surface area (Å²) in [6.45, 7) is 0.107. The first kappa shape index (κ1) is 26.6. The SMILES string of the molecule is O=C(COc1ccc([N+](=O)[O-])cc1)NNC(=S)NC(=O)c1ccc(OCCc2ccccc2)c(Br)c1. The molecule has 0 unspecified atom stereocenters. The van der Waals surface area contributed by atoms with Crippen molar-refractivity contribution in [2.45, 2.75) is 6.42 Å². The molecule has 0 saturated heterocycles. The average molecular weight is 573 g/mol. The smallest absolute Gasteiger partial charge is 0.276 e. The van der Waals surface area contributed by atoms with Gasteiger partial charge in [0.2, 0.25) is 0 Å². The molecule has 10 nitrogen and oxygen atoms in total. The lowest BCUT2D eigenvalue weighted by atomic mass is 10.2. The number of nitrogens with one attached hydrogen (secondary N) is 3. The lowest BCUT2D eigenvalue weighted by molar-refractivity contribution is -0.384. The molecule has 0 atom stereocenters. The Morgan fingerprint density at radius 1 is 0.972 bits per heavy atom. The molecule has 0 aliphatic carbocycles. The van der Waals surface area contributed by atoms with E-state index in [0.717, 1.165) is 12.0 Å². The summed E-state index contributed by atoms with van der Waals surface area (Å²) in [5.74, 6) is -0.182. The van der Waals surface area contributed by atoms with E-state index in [4.69, 9.17) is 21.7 Å². The number of hydrogen-bond donors (Lipinski definition) is 3. The highest BCUT2D eigenvalue weighted by Gasteiger charge is 2.12. The molecule has 186 valence electrons. The molecule has 0 aliphatic rings. The summed E-state index contributed by atoms with van der Waals surface area (Å²) in [6, 6.07) is 20.1. The number of nitrogens with zero attached hydrogens (tertiary/aromatic N) is 1. The Kier molecular flexibility index (Phi) is 9.72. The van der Waals surface area contributed by atoms with E-state index in [-0.39, 0.29) is 23.2 Å². The van der Waals surface area contributed by atoms with Crippen LogP contribution >= 0.6 is 28.1 Å². The highest BCUT2D eigenvalue weighted by atomic mass is 79.9. The first-order valence-electron chi connectivity index (χ1n) is 10.6. The van der Waals surface area contributed by atoms with Gasteiger partial charge in [-0.3, -0.25) is 35.9 Å². The maximum Gasteiger partial charge on any atom is 0.276 e. The molecular formula is C24H21BrN4O6S. The molecule has 0 fully saturated rings. The molecular weight excluding hydrogens is 552 g/mol. The zero-order chi connectivity index (χ0) is 25.9. The number of nitro groups is 1. The van der Waals surface area contributed by atoms with Crippen molar-refractivity contribution in [1.29, 1.82) is 0 Å². The zero-order valence-electron chi connectivity index (χ0n) is 18.7. The van der Waals surface area contributed by atoms with Gasteiger partial charge in [0.15, 0.2) is 11.7 Å². The van der Waals surface area contributed by atoms with E-state index in [1.54, 1.807) is 18.2 Å². The quantitative estimate of drug-likeness (QED) is 0.201. The number of hydrogen-bond acceptors (Lipinski definition) is 7. The minimum Gasteiger partial charge on any atom is -0.492 e. The molecule has 3 aromatic rings. The average Bonchev–Trinajstić information content (AvgIpc) is 2.88. The summed E-state index contributed by atoms with van der Waals surface area (Å²) in [4.78, 5) is 34.5. The van der Waals surface area contributed by atoms with Gasteiger partial charge in [0, 0.05) is 24.1 Å². The van der Waals surface area contributed by atoms with Crippen molar-refractivity contribution >= 4 is 50.8 Å². The van der Waals surface area contributed by atoms with Crippen LogP contribution in [-0.2, 0) is 11.2 Å². The Hall–Kier alpha value is -4.03. The molecule has 0 aromatic heterocycles. The number of hydrazine groups is 1. The molecule has 3 aromatic carbocycles. The van der Waals surface area contributed by atoms with Gasteiger partial charge in [-0.15, -0.1) is 0 Å². The predicted molar refractivity (Wildman–Crippen MR) is 140 cm³/mol. The second kappa shape index (κ2) is 13.2. The first-order chi connectivity index (χ1) is 17.3. The Bertz CT molecular complexity index is 1240. The van der Waals surface area contributed by atoms with Crippen LogP contribution in [0, 0.1) is 10.1 Å². The minimum absolute atomic E-state index is 0.0909. The van der Waals surface area contributed by atoms with E-state index in [2.05, 4.69) is 32.1 Å². The van der Waals surface area contributed by atoms with Crippen LogP contribution in [0.25, 0.3) is 0 Å². The maximum atomic E-state index is 12.5. The van der Waals surface area contributed by atoms with E-state index in [9.17, 15) is 19.7 Å². The van der Waals surface area contributed by atoms with Crippen molar-refractivity contribution in [1.82, 2.24) is 16.2 Å². The van der Waals surface area contributed by atoms with Crippen molar-refractivity contribution in [2.75, 3.05) is 13.2 Å². The molecule has 36 heavy (non-hydrogen) atoms. The van der Waals surface area contributed by atoms with Crippen molar-refractivity contribution in [3.8, 4) is 11.5 Å². The Balaban J connectivity index is 1.39. The van der Waals surface area contributed by atoms with Crippen LogP contribution < -0.4 is 25.6 Å². The lowest BCUT2D eigenvalue weighted by Crippen LogP contribution is -2.49. The molecule has 0 aliphatic heterocycles. The monoisotopic (exact) mass is 572 g/mol. The van der Waals surface area contributed by atoms with Crippen LogP contribution in [0.3, 0.4) is 0 Å². The van der Waals surface area contributed by atoms with Crippen LogP contribution in [0.1, 0.15) is 15.9 Å². The van der Waals surface area contributed by atoms with E-state index < -0.39 is 16.7 Å². The number of halogens is 1. The third-order valence-electron chi connectivity index (χ3n) is 4.65. The van der Waals surface area contributed by atoms with Crippen molar-refractivity contribution in [3.63, 3.8) is 0 Å². The molecule has 2 amide bonds. The number of carbonyl (C=O) groups is 2. The topological polar surface area (TPSA) is 132 Å². The Morgan fingerprint density at radius 3 is 2.36 bits per heavy atom. The second-order valence-corrected chi connectivity index (χ2v) is 8.49. The number of rotatable bonds is 9. The predicted octanol–water partition coefficient (Wildman–Crippen LogP) is 3.69. The normalized spacial score (nSPS) is 10.1. The number of benzene rings is 3. The Morgan fingerprint density at radius 2 is 1.69 bits per heavy atom. The molecule has 3 N–H and O–H groups in total. The van der Waals surface area contributed by atoms with Crippen molar-refractivity contribution in [3.05, 3.63) is 98.5 Å². The van der Waals surface area contributed by atoms with Crippen LogP contribution in [0.5, 0.6) is 11.5 Å². The van der Waals surface area contributed by atoms with Gasteiger partial charge in [-0.1, -0.05) is 30.3 Å². The highest BCUT2D eigenvalue weighted by molar-refractivity contribution is 9.10. The third-order valence-corrected chi connectivity index (χ3v) is 5.47. The van der Waals surface area contributed by atoms with Gasteiger partial charge in [-0.25, -0.2) is 0 Å². The van der Waals surface area contributed by atoms with Gasteiger partial charge >= 0.3 is 0 Å². The van der Waals surface area contributed by atoms with Gasteiger partial charge in [0.25, 0.3) is 17.5 Å². The van der Waals surface area contributed by atoms with Crippen molar-refractivity contribution < 1.29 is 24.0 Å². The van der Waals surface area contributed by atoms with Gasteiger partial charge < -0.3 is 9.47 Å². The summed E-state index contributed by atoms with van der Waals surface area (Å²) < 4.78 is 11.6. The molecule has 0 heterocycles. The molecule has 0 spiro atoms. The number of nitro benzene ring substituents is 1. The lowest BCUT2D eigenvalue weighted by Gasteiger charge is -2.12. The van der Waals surface area contributed by atoms with E-state index in [0.29, 0.717) is 22.4 Å². The Labute approximate surface area is 220 Å². The molecule has 3 rings (SSSR count). The molecule has 0 bridgehead atoms. The standard InChI is InChI=1S/C24H21BrN4O6S/c25-20-14-17(6-11-21(20)34-13-12-16-4-2-1-3-5-16)23(31)26-24(36)28-27-22(30)15-35-19-9-7-18(8-10-19)29(32)33/h1-11,14H,12-13,15H2,(H,27,30)(H2,26,28,31,36). The van der Waals surface area contributed by atoms with Gasteiger partial charge in [-0.2, -0.15) is 0 Å². The van der Waals surface area contributed by atoms with Crippen LogP contribution in [0.15, 0.2) is 77.3 Å². The van der Waals surface area contributed by atoms with Gasteiger partial charge in [0.1, 0.15) is 11.5 Å². The summed E-state index contributed by atoms with van der Waals surface area (Å²) in [7, 11) is 0. The minimum atomic E-state index is -0.579. The zero-order valence-corrected chi connectivity index (χ0v) is 21.1. The fourth-order valence-corrected chi connectivity index (χ4v) is 3.50. The van der Waals surface area contributed by atoms with Gasteiger partial charge in [-0.05, 0) is 64.0 Å². The fraction of sp³-hybridized carbons (Fsp3) is 0.125. The fourth-order valence-electron chi connectivity index (χ4n) is 2.86. The highest BCUT2D eigenvalue weighted by Crippen LogP contribution is 2.26. The second-order valence-electron chi connectivity index (χ2n) is 7.23. The number of carbonyl (C=O) groups excluding carboxylic acids is 2. The number of amides is 2. The maximum absolute atomic E-state index is 12.5. The third kappa shape index (κ3) is 8.32. The molecule has 0 radical (unpaired) electrons. The van der Waals surface area contributed by atoms with Crippen LogP contribution in [0.2, 0.25) is 0 Å². The molecule has 12 heteroatoms. The molecule has 0 saturated carbocycles. The summed E-state index contributed by atoms with van der Waals surface area (Å²) in [5, 5.41) is 13.0. The van der Waals surface area contributed by atoms with Crippen LogP contribution in [0.4, 0.5) is 5.69 Å². The first-order valence-corrected chi connectivity index (χ1v) is 11.8. The van der Waals surface area contributed by atoms with E-state index >= 15 is 0 Å². The summed E-state index contributed by atoms with van der Waals surface area (Å²) >= 11 is 8.44. The number of non-ortho nitro benzene ring substituents is 1. The number of thiocarbonyl (C=S) groups is 1. The summed E-state index contributed by atoms with van der Waals surface area (Å²) in [5.41, 5.74) is 6.10. The van der Waals surface area contributed by atoms with Crippen LogP contribution in [-0.4, -0.2) is 35.1 Å². The summed E-state index contributed by atoms with van der Waals surface area (Å²) in [6.07, 6.45) is 0.750.